The van der Waals surface area contributed by atoms with Gasteiger partial charge in [0.15, 0.2) is 0 Å². The molecule has 14 heavy (non-hydrogen) atoms. The van der Waals surface area contributed by atoms with E-state index in [1.807, 2.05) is 0 Å². The molecule has 0 aromatic rings. The van der Waals surface area contributed by atoms with Crippen LogP contribution in [0, 0.1) is 0 Å². The van der Waals surface area contributed by atoms with Crippen molar-refractivity contribution in [3.63, 3.8) is 0 Å². The third-order valence-electron chi connectivity index (χ3n) is 2.51. The smallest absolute Gasteiger partial charge is 0.0596 e. The van der Waals surface area contributed by atoms with Gasteiger partial charge in [0.1, 0.15) is 0 Å². The summed E-state index contributed by atoms with van der Waals surface area (Å²) in [5, 5.41) is 3.42. The molecule has 0 atom stereocenters. The van der Waals surface area contributed by atoms with Crippen molar-refractivity contribution in [1.82, 2.24) is 10.2 Å². The van der Waals surface area contributed by atoms with E-state index in [9.17, 15) is 0 Å². The number of hydrogen-bond donors (Lipinski definition) is 1. The van der Waals surface area contributed by atoms with Crippen molar-refractivity contribution in [3.05, 3.63) is 0 Å². The molecular weight excluding hydrogens is 176 g/mol. The molecule has 0 radical (unpaired) electrons. The Balaban J connectivity index is 2.08. The zero-order valence-electron chi connectivity index (χ0n) is 9.59. The normalized spacial score (nSPS) is 20.8. The maximum atomic E-state index is 5.56. The summed E-state index contributed by atoms with van der Waals surface area (Å²) in [7, 11) is 0. The van der Waals surface area contributed by atoms with Gasteiger partial charge >= 0.3 is 0 Å². The lowest BCUT2D eigenvalue weighted by molar-refractivity contribution is 0.0577. The fourth-order valence-electron chi connectivity index (χ4n) is 1.73. The molecule has 1 fully saturated rings. The van der Waals surface area contributed by atoms with Crippen LogP contribution in [0.1, 0.15) is 26.7 Å². The van der Waals surface area contributed by atoms with Crippen LogP contribution in [0.4, 0.5) is 0 Å². The topological polar surface area (TPSA) is 24.5 Å². The first-order valence-corrected chi connectivity index (χ1v) is 5.83. The van der Waals surface area contributed by atoms with Crippen molar-refractivity contribution in [2.75, 3.05) is 39.3 Å². The fourth-order valence-corrected chi connectivity index (χ4v) is 1.73. The lowest BCUT2D eigenvalue weighted by atomic mass is 10.3. The highest BCUT2D eigenvalue weighted by molar-refractivity contribution is 4.63. The Kier molecular flexibility index (Phi) is 6.15. The third-order valence-corrected chi connectivity index (χ3v) is 2.51. The van der Waals surface area contributed by atoms with Crippen LogP contribution in [-0.2, 0) is 4.74 Å². The molecule has 84 valence electrons. The third kappa shape index (κ3) is 5.58. The molecule has 1 aliphatic rings. The van der Waals surface area contributed by atoms with Gasteiger partial charge in [0, 0.05) is 6.54 Å². The van der Waals surface area contributed by atoms with E-state index in [0.717, 1.165) is 13.2 Å². The van der Waals surface area contributed by atoms with Crippen LogP contribution in [0.3, 0.4) is 0 Å². The van der Waals surface area contributed by atoms with Gasteiger partial charge in [0.05, 0.1) is 12.7 Å². The van der Waals surface area contributed by atoms with Gasteiger partial charge in [-0.25, -0.2) is 0 Å². The van der Waals surface area contributed by atoms with Crippen molar-refractivity contribution in [2.45, 2.75) is 32.8 Å². The molecule has 0 aromatic heterocycles. The summed E-state index contributed by atoms with van der Waals surface area (Å²) in [4.78, 5) is 2.52. The summed E-state index contributed by atoms with van der Waals surface area (Å²) >= 11 is 0. The second-order valence-electron chi connectivity index (χ2n) is 4.22. The van der Waals surface area contributed by atoms with E-state index < -0.39 is 0 Å². The lowest BCUT2D eigenvalue weighted by Gasteiger charge is -2.25. The maximum Gasteiger partial charge on any atom is 0.0596 e. The largest absolute Gasteiger partial charge is 0.377 e. The predicted octanol–water partition coefficient (Wildman–Crippen LogP) is 1.10. The van der Waals surface area contributed by atoms with Gasteiger partial charge in [0.25, 0.3) is 0 Å². The standard InChI is InChI=1S/C11H24N2O/c1-11(2)14-10-9-13-7-3-5-12-6-4-8-13/h11-12H,3-10H2,1-2H3. The maximum absolute atomic E-state index is 5.56. The molecule has 1 N–H and O–H groups in total. The van der Waals surface area contributed by atoms with Crippen molar-refractivity contribution in [1.29, 1.82) is 0 Å². The Hall–Kier alpha value is -0.120. The first kappa shape index (κ1) is 12.0. The van der Waals surface area contributed by atoms with Crippen LogP contribution in [-0.4, -0.2) is 50.3 Å². The Morgan fingerprint density at radius 1 is 1.21 bits per heavy atom. The molecule has 3 heteroatoms. The molecule has 0 amide bonds. The zero-order chi connectivity index (χ0) is 10.2. The van der Waals surface area contributed by atoms with Gasteiger partial charge in [-0.1, -0.05) is 0 Å². The van der Waals surface area contributed by atoms with E-state index in [0.29, 0.717) is 6.10 Å². The Labute approximate surface area is 87.8 Å². The first-order valence-electron chi connectivity index (χ1n) is 5.83. The second kappa shape index (κ2) is 7.21. The van der Waals surface area contributed by atoms with E-state index >= 15 is 0 Å². The highest BCUT2D eigenvalue weighted by Gasteiger charge is 2.07. The molecule has 0 aromatic carbocycles. The monoisotopic (exact) mass is 200 g/mol. The molecule has 1 heterocycles. The summed E-state index contributed by atoms with van der Waals surface area (Å²) in [6.07, 6.45) is 2.90. The summed E-state index contributed by atoms with van der Waals surface area (Å²) in [6, 6.07) is 0. The van der Waals surface area contributed by atoms with Crippen LogP contribution in [0.15, 0.2) is 0 Å². The molecule has 3 nitrogen and oxygen atoms in total. The molecule has 0 saturated carbocycles. The molecule has 1 saturated heterocycles. The minimum atomic E-state index is 0.367. The highest BCUT2D eigenvalue weighted by atomic mass is 16.5. The SMILES string of the molecule is CC(C)OCCN1CCCNCCC1. The van der Waals surface area contributed by atoms with Gasteiger partial charge in [-0.3, -0.25) is 0 Å². The molecule has 1 rings (SSSR count). The molecule has 0 bridgehead atoms. The fraction of sp³-hybridized carbons (Fsp3) is 1.00. The average molecular weight is 200 g/mol. The number of nitrogens with one attached hydrogen (secondary N) is 1. The Bertz CT molecular complexity index is 131. The second-order valence-corrected chi connectivity index (χ2v) is 4.22. The number of ether oxygens (including phenoxy) is 1. The lowest BCUT2D eigenvalue weighted by Crippen LogP contribution is -2.36. The van der Waals surface area contributed by atoms with Gasteiger partial charge in [-0.2, -0.15) is 0 Å². The number of rotatable bonds is 4. The molecule has 0 unspecified atom stereocenters. The van der Waals surface area contributed by atoms with Crippen LogP contribution >= 0.6 is 0 Å². The summed E-state index contributed by atoms with van der Waals surface area (Å²) < 4.78 is 5.56. The van der Waals surface area contributed by atoms with Crippen molar-refractivity contribution >= 4 is 0 Å². The average Bonchev–Trinajstić information content (AvgIpc) is 2.07. The number of nitrogens with zero attached hydrogens (tertiary/aromatic N) is 1. The summed E-state index contributed by atoms with van der Waals surface area (Å²) in [5.74, 6) is 0. The van der Waals surface area contributed by atoms with Gasteiger partial charge in [-0.05, 0) is 52.9 Å². The van der Waals surface area contributed by atoms with Crippen LogP contribution in [0.25, 0.3) is 0 Å². The minimum Gasteiger partial charge on any atom is -0.377 e. The minimum absolute atomic E-state index is 0.367. The van der Waals surface area contributed by atoms with Crippen LogP contribution in [0.2, 0.25) is 0 Å². The van der Waals surface area contributed by atoms with Crippen LogP contribution < -0.4 is 5.32 Å². The van der Waals surface area contributed by atoms with E-state index in [4.69, 9.17) is 4.74 Å². The van der Waals surface area contributed by atoms with Crippen molar-refractivity contribution < 1.29 is 4.74 Å². The van der Waals surface area contributed by atoms with E-state index in [1.165, 1.54) is 39.0 Å². The Morgan fingerprint density at radius 2 is 1.86 bits per heavy atom. The van der Waals surface area contributed by atoms with Gasteiger partial charge in [-0.15, -0.1) is 0 Å². The molecule has 1 aliphatic heterocycles. The molecule has 0 spiro atoms. The quantitative estimate of drug-likeness (QED) is 0.735. The summed E-state index contributed by atoms with van der Waals surface area (Å²) in [5.41, 5.74) is 0. The highest BCUT2D eigenvalue weighted by Crippen LogP contribution is 1.98. The van der Waals surface area contributed by atoms with Crippen molar-refractivity contribution in [3.8, 4) is 0 Å². The first-order chi connectivity index (χ1) is 6.79. The Morgan fingerprint density at radius 3 is 2.43 bits per heavy atom. The molecular formula is C11H24N2O. The van der Waals surface area contributed by atoms with E-state index in [1.54, 1.807) is 0 Å². The summed E-state index contributed by atoms with van der Waals surface area (Å²) in [6.45, 7) is 10.9. The predicted molar refractivity (Wildman–Crippen MR) is 59.6 cm³/mol. The van der Waals surface area contributed by atoms with Crippen molar-refractivity contribution in [2.24, 2.45) is 0 Å². The van der Waals surface area contributed by atoms with Gasteiger partial charge < -0.3 is 15.0 Å². The zero-order valence-corrected chi connectivity index (χ0v) is 9.59. The number of hydrogen-bond acceptors (Lipinski definition) is 3. The van der Waals surface area contributed by atoms with Crippen LogP contribution in [0.5, 0.6) is 0 Å². The van der Waals surface area contributed by atoms with E-state index in [-0.39, 0.29) is 0 Å². The van der Waals surface area contributed by atoms with Gasteiger partial charge in [0.2, 0.25) is 0 Å². The van der Waals surface area contributed by atoms with E-state index in [2.05, 4.69) is 24.1 Å². The molecule has 0 aliphatic carbocycles.